The number of carboxylic acid groups (broad SMARTS) is 1. The molecule has 0 aliphatic rings. The van der Waals surface area contributed by atoms with E-state index in [1.54, 1.807) is 0 Å². The first-order valence-corrected chi connectivity index (χ1v) is 7.99. The van der Waals surface area contributed by atoms with E-state index in [1.807, 2.05) is 36.4 Å². The molecule has 0 saturated carbocycles. The van der Waals surface area contributed by atoms with Crippen molar-refractivity contribution < 1.29 is 9.90 Å². The Morgan fingerprint density at radius 2 is 1.91 bits per heavy atom. The highest BCUT2D eigenvalue weighted by atomic mass is 79.9. The molecule has 0 atom stereocenters. The van der Waals surface area contributed by atoms with Crippen molar-refractivity contribution in [3.05, 3.63) is 58.1 Å². The van der Waals surface area contributed by atoms with Gasteiger partial charge in [-0.1, -0.05) is 53.2 Å². The zero-order valence-electron chi connectivity index (χ0n) is 12.2. The number of aliphatic carboxylic acids is 1. The number of aryl methyl sites for hydroxylation is 1. The standard InChI is InChI=1S/C18H16BrNO2/c1-2-11-4-3-5-14-15(10-16(21)22)18(20-17(11)14)12-6-8-13(19)9-7-12/h3-9,20H,2,10H2,1H3,(H,21,22). The van der Waals surface area contributed by atoms with Gasteiger partial charge in [0.15, 0.2) is 0 Å². The molecule has 112 valence electrons. The lowest BCUT2D eigenvalue weighted by atomic mass is 10.0. The van der Waals surface area contributed by atoms with Crippen LogP contribution in [0.25, 0.3) is 22.2 Å². The van der Waals surface area contributed by atoms with Crippen molar-refractivity contribution in [2.24, 2.45) is 0 Å². The Labute approximate surface area is 137 Å². The Bertz CT molecular complexity index is 834. The molecular formula is C18H16BrNO2. The van der Waals surface area contributed by atoms with Gasteiger partial charge in [0, 0.05) is 15.4 Å². The van der Waals surface area contributed by atoms with Crippen molar-refractivity contribution in [2.45, 2.75) is 19.8 Å². The molecule has 0 spiro atoms. The number of rotatable bonds is 4. The lowest BCUT2D eigenvalue weighted by Crippen LogP contribution is -2.00. The number of H-pyrrole nitrogens is 1. The van der Waals surface area contributed by atoms with Gasteiger partial charge in [-0.3, -0.25) is 4.79 Å². The van der Waals surface area contributed by atoms with Crippen molar-refractivity contribution >= 4 is 32.8 Å². The van der Waals surface area contributed by atoms with Crippen LogP contribution in [0, 0.1) is 0 Å². The molecule has 2 aromatic carbocycles. The number of fused-ring (bicyclic) bond motifs is 1. The third-order valence-electron chi connectivity index (χ3n) is 3.87. The fourth-order valence-electron chi connectivity index (χ4n) is 2.83. The fraction of sp³-hybridized carbons (Fsp3) is 0.167. The predicted octanol–water partition coefficient (Wildman–Crippen LogP) is 4.79. The van der Waals surface area contributed by atoms with Crippen LogP contribution in [-0.2, 0) is 17.6 Å². The number of benzene rings is 2. The molecule has 1 aromatic heterocycles. The van der Waals surface area contributed by atoms with Gasteiger partial charge in [0.1, 0.15) is 0 Å². The maximum absolute atomic E-state index is 11.3. The lowest BCUT2D eigenvalue weighted by Gasteiger charge is -2.03. The fourth-order valence-corrected chi connectivity index (χ4v) is 3.09. The monoisotopic (exact) mass is 357 g/mol. The quantitative estimate of drug-likeness (QED) is 0.705. The Hall–Kier alpha value is -2.07. The van der Waals surface area contributed by atoms with Gasteiger partial charge < -0.3 is 10.1 Å². The topological polar surface area (TPSA) is 53.1 Å². The maximum Gasteiger partial charge on any atom is 0.307 e. The third kappa shape index (κ3) is 2.66. The van der Waals surface area contributed by atoms with E-state index in [1.165, 1.54) is 5.56 Å². The molecule has 0 aliphatic heterocycles. The van der Waals surface area contributed by atoms with E-state index in [4.69, 9.17) is 0 Å². The molecule has 0 radical (unpaired) electrons. The molecular weight excluding hydrogens is 342 g/mol. The van der Waals surface area contributed by atoms with Crippen LogP contribution >= 0.6 is 15.9 Å². The predicted molar refractivity (Wildman–Crippen MR) is 92.2 cm³/mol. The minimum atomic E-state index is -0.818. The van der Waals surface area contributed by atoms with Gasteiger partial charge in [-0.05, 0) is 35.2 Å². The smallest absolute Gasteiger partial charge is 0.307 e. The van der Waals surface area contributed by atoms with Crippen LogP contribution in [0.15, 0.2) is 46.9 Å². The second-order valence-electron chi connectivity index (χ2n) is 5.25. The average Bonchev–Trinajstić information content (AvgIpc) is 2.86. The first kappa shape index (κ1) is 14.9. The molecule has 1 heterocycles. The molecule has 0 bridgehead atoms. The van der Waals surface area contributed by atoms with Gasteiger partial charge in [-0.15, -0.1) is 0 Å². The summed E-state index contributed by atoms with van der Waals surface area (Å²) in [7, 11) is 0. The van der Waals surface area contributed by atoms with Crippen molar-refractivity contribution in [3.8, 4) is 11.3 Å². The molecule has 22 heavy (non-hydrogen) atoms. The summed E-state index contributed by atoms with van der Waals surface area (Å²) >= 11 is 3.43. The first-order chi connectivity index (χ1) is 10.6. The number of para-hydroxylation sites is 1. The van der Waals surface area contributed by atoms with Crippen molar-refractivity contribution in [1.29, 1.82) is 0 Å². The summed E-state index contributed by atoms with van der Waals surface area (Å²) in [6, 6.07) is 14.0. The van der Waals surface area contributed by atoms with E-state index in [0.717, 1.165) is 38.6 Å². The van der Waals surface area contributed by atoms with E-state index in [2.05, 4.69) is 33.9 Å². The second-order valence-corrected chi connectivity index (χ2v) is 6.16. The van der Waals surface area contributed by atoms with Crippen molar-refractivity contribution in [3.63, 3.8) is 0 Å². The number of carbonyl (C=O) groups is 1. The molecule has 0 saturated heterocycles. The molecule has 0 unspecified atom stereocenters. The molecule has 3 rings (SSSR count). The molecule has 2 N–H and O–H groups in total. The Kier molecular flexibility index (Phi) is 4.03. The number of nitrogens with one attached hydrogen (secondary N) is 1. The molecule has 0 fully saturated rings. The average molecular weight is 358 g/mol. The third-order valence-corrected chi connectivity index (χ3v) is 4.40. The highest BCUT2D eigenvalue weighted by Gasteiger charge is 2.17. The maximum atomic E-state index is 11.3. The van der Waals surface area contributed by atoms with E-state index < -0.39 is 5.97 Å². The summed E-state index contributed by atoms with van der Waals surface area (Å²) in [6.45, 7) is 2.10. The SMILES string of the molecule is CCc1cccc2c(CC(=O)O)c(-c3ccc(Br)cc3)[nH]c12. The summed E-state index contributed by atoms with van der Waals surface area (Å²) in [6.07, 6.45) is 0.919. The lowest BCUT2D eigenvalue weighted by molar-refractivity contribution is -0.136. The number of hydrogen-bond donors (Lipinski definition) is 2. The van der Waals surface area contributed by atoms with Crippen molar-refractivity contribution in [2.75, 3.05) is 0 Å². The number of halogens is 1. The Morgan fingerprint density at radius 3 is 2.55 bits per heavy atom. The molecule has 3 aromatic rings. The summed E-state index contributed by atoms with van der Waals surface area (Å²) in [4.78, 5) is 14.7. The van der Waals surface area contributed by atoms with Gasteiger partial charge in [0.05, 0.1) is 12.1 Å². The van der Waals surface area contributed by atoms with Crippen LogP contribution in [-0.4, -0.2) is 16.1 Å². The zero-order valence-corrected chi connectivity index (χ0v) is 13.8. The van der Waals surface area contributed by atoms with Gasteiger partial charge in [-0.2, -0.15) is 0 Å². The first-order valence-electron chi connectivity index (χ1n) is 7.20. The Morgan fingerprint density at radius 1 is 1.18 bits per heavy atom. The van der Waals surface area contributed by atoms with Crippen LogP contribution in [0.5, 0.6) is 0 Å². The minimum Gasteiger partial charge on any atom is -0.481 e. The molecule has 0 amide bonds. The van der Waals surface area contributed by atoms with Crippen molar-refractivity contribution in [1.82, 2.24) is 4.98 Å². The number of carboxylic acids is 1. The zero-order chi connectivity index (χ0) is 15.7. The normalized spacial score (nSPS) is 11.0. The summed E-state index contributed by atoms with van der Waals surface area (Å²) in [5.74, 6) is -0.818. The second kappa shape index (κ2) is 5.97. The molecule has 0 aliphatic carbocycles. The summed E-state index contributed by atoms with van der Waals surface area (Å²) < 4.78 is 1.00. The largest absolute Gasteiger partial charge is 0.481 e. The van der Waals surface area contributed by atoms with Crippen LogP contribution in [0.2, 0.25) is 0 Å². The summed E-state index contributed by atoms with van der Waals surface area (Å²) in [5, 5.41) is 10.3. The highest BCUT2D eigenvalue weighted by Crippen LogP contribution is 2.33. The van der Waals surface area contributed by atoms with Gasteiger partial charge in [-0.25, -0.2) is 0 Å². The minimum absolute atomic E-state index is 0.0125. The Balaban J connectivity index is 2.27. The number of aromatic nitrogens is 1. The van der Waals surface area contributed by atoms with E-state index >= 15 is 0 Å². The van der Waals surface area contributed by atoms with Crippen LogP contribution in [0.4, 0.5) is 0 Å². The van der Waals surface area contributed by atoms with E-state index in [0.29, 0.717) is 0 Å². The number of hydrogen-bond acceptors (Lipinski definition) is 1. The van der Waals surface area contributed by atoms with Crippen LogP contribution in [0.1, 0.15) is 18.1 Å². The van der Waals surface area contributed by atoms with E-state index in [9.17, 15) is 9.90 Å². The van der Waals surface area contributed by atoms with Crippen LogP contribution in [0.3, 0.4) is 0 Å². The van der Waals surface area contributed by atoms with Crippen LogP contribution < -0.4 is 0 Å². The molecule has 4 heteroatoms. The molecule has 3 nitrogen and oxygen atoms in total. The number of aromatic amines is 1. The summed E-state index contributed by atoms with van der Waals surface area (Å²) in [5.41, 5.74) is 4.98. The van der Waals surface area contributed by atoms with Gasteiger partial charge in [0.25, 0.3) is 0 Å². The highest BCUT2D eigenvalue weighted by molar-refractivity contribution is 9.10. The van der Waals surface area contributed by atoms with Gasteiger partial charge >= 0.3 is 5.97 Å². The van der Waals surface area contributed by atoms with Gasteiger partial charge in [0.2, 0.25) is 0 Å². The van der Waals surface area contributed by atoms with E-state index in [-0.39, 0.29) is 6.42 Å².